The van der Waals surface area contributed by atoms with Gasteiger partial charge < -0.3 is 4.42 Å². The molecule has 0 N–H and O–H groups in total. The standard InChI is InChI=1S/C25H20O/c1-16(2)19-10-6-12-23-25(19)22-14-13-18(15-24(22)26-23)21-11-5-8-17-7-3-4-9-20(17)21/h3-16H,1-2H3. The summed E-state index contributed by atoms with van der Waals surface area (Å²) in [4.78, 5) is 0. The molecule has 0 unspecified atom stereocenters. The van der Waals surface area contributed by atoms with E-state index in [1.807, 2.05) is 0 Å². The van der Waals surface area contributed by atoms with Crippen LogP contribution in [0.2, 0.25) is 0 Å². The first-order valence-corrected chi connectivity index (χ1v) is 9.16. The Labute approximate surface area is 152 Å². The van der Waals surface area contributed by atoms with Crippen LogP contribution >= 0.6 is 0 Å². The van der Waals surface area contributed by atoms with Crippen molar-refractivity contribution in [3.8, 4) is 11.1 Å². The van der Waals surface area contributed by atoms with Gasteiger partial charge in [-0.25, -0.2) is 0 Å². The number of hydrogen-bond donors (Lipinski definition) is 0. The van der Waals surface area contributed by atoms with Crippen molar-refractivity contribution < 1.29 is 4.42 Å². The van der Waals surface area contributed by atoms with Crippen molar-refractivity contribution in [3.05, 3.63) is 84.4 Å². The number of rotatable bonds is 2. The molecule has 0 radical (unpaired) electrons. The second-order valence-corrected chi connectivity index (χ2v) is 7.21. The molecule has 4 aromatic carbocycles. The fourth-order valence-electron chi connectivity index (χ4n) is 3.98. The second kappa shape index (κ2) is 5.74. The molecule has 126 valence electrons. The van der Waals surface area contributed by atoms with Gasteiger partial charge in [0.1, 0.15) is 11.2 Å². The Kier molecular flexibility index (Phi) is 3.36. The van der Waals surface area contributed by atoms with Crippen molar-refractivity contribution in [2.75, 3.05) is 0 Å². The summed E-state index contributed by atoms with van der Waals surface area (Å²) in [7, 11) is 0. The van der Waals surface area contributed by atoms with Gasteiger partial charge in [0.2, 0.25) is 0 Å². The number of hydrogen-bond acceptors (Lipinski definition) is 1. The number of benzene rings is 4. The normalized spacial score (nSPS) is 11.8. The van der Waals surface area contributed by atoms with E-state index in [0.29, 0.717) is 5.92 Å². The number of fused-ring (bicyclic) bond motifs is 4. The van der Waals surface area contributed by atoms with Gasteiger partial charge in [0.25, 0.3) is 0 Å². The third-order valence-electron chi connectivity index (χ3n) is 5.25. The summed E-state index contributed by atoms with van der Waals surface area (Å²) in [5.74, 6) is 0.470. The average molecular weight is 336 g/mol. The minimum Gasteiger partial charge on any atom is -0.456 e. The highest BCUT2D eigenvalue weighted by Crippen LogP contribution is 2.37. The Morgan fingerprint density at radius 1 is 0.692 bits per heavy atom. The van der Waals surface area contributed by atoms with Crippen LogP contribution < -0.4 is 0 Å². The first-order valence-electron chi connectivity index (χ1n) is 9.16. The molecule has 1 nitrogen and oxygen atoms in total. The van der Waals surface area contributed by atoms with Crippen molar-refractivity contribution in [3.63, 3.8) is 0 Å². The maximum atomic E-state index is 6.22. The predicted molar refractivity (Wildman–Crippen MR) is 111 cm³/mol. The van der Waals surface area contributed by atoms with Gasteiger partial charge in [0.05, 0.1) is 0 Å². The monoisotopic (exact) mass is 336 g/mol. The fraction of sp³-hybridized carbons (Fsp3) is 0.120. The first-order chi connectivity index (χ1) is 12.7. The minimum absolute atomic E-state index is 0.470. The topological polar surface area (TPSA) is 13.1 Å². The quantitative estimate of drug-likeness (QED) is 0.325. The van der Waals surface area contributed by atoms with Crippen molar-refractivity contribution >= 4 is 32.7 Å². The Hall–Kier alpha value is -3.06. The van der Waals surface area contributed by atoms with Crippen molar-refractivity contribution in [1.82, 2.24) is 0 Å². The lowest BCUT2D eigenvalue weighted by atomic mass is 9.95. The Bertz CT molecular complexity index is 1250. The van der Waals surface area contributed by atoms with Gasteiger partial charge in [-0.05, 0) is 51.6 Å². The third-order valence-corrected chi connectivity index (χ3v) is 5.25. The maximum Gasteiger partial charge on any atom is 0.136 e. The lowest BCUT2D eigenvalue weighted by Gasteiger charge is -2.08. The van der Waals surface area contributed by atoms with Crippen LogP contribution in [0, 0.1) is 0 Å². The smallest absolute Gasteiger partial charge is 0.136 e. The molecule has 1 heteroatoms. The van der Waals surface area contributed by atoms with E-state index in [9.17, 15) is 0 Å². The van der Waals surface area contributed by atoms with Gasteiger partial charge in [-0.1, -0.05) is 74.5 Å². The van der Waals surface area contributed by atoms with Gasteiger partial charge in [-0.15, -0.1) is 0 Å². The second-order valence-electron chi connectivity index (χ2n) is 7.21. The molecule has 0 fully saturated rings. The molecular weight excluding hydrogens is 316 g/mol. The lowest BCUT2D eigenvalue weighted by molar-refractivity contribution is 0.668. The van der Waals surface area contributed by atoms with Gasteiger partial charge in [-0.3, -0.25) is 0 Å². The highest BCUT2D eigenvalue weighted by Gasteiger charge is 2.14. The molecule has 0 saturated heterocycles. The molecule has 0 spiro atoms. The summed E-state index contributed by atoms with van der Waals surface area (Å²) >= 11 is 0. The van der Waals surface area contributed by atoms with Crippen LogP contribution in [0.4, 0.5) is 0 Å². The van der Waals surface area contributed by atoms with Crippen LogP contribution in [-0.2, 0) is 0 Å². The molecule has 26 heavy (non-hydrogen) atoms. The third kappa shape index (κ3) is 2.24. The molecule has 0 amide bonds. The van der Waals surface area contributed by atoms with E-state index in [4.69, 9.17) is 4.42 Å². The summed E-state index contributed by atoms with van der Waals surface area (Å²) in [6.07, 6.45) is 0. The van der Waals surface area contributed by atoms with E-state index in [0.717, 1.165) is 11.2 Å². The molecular formula is C25H20O. The van der Waals surface area contributed by atoms with Gasteiger partial charge in [0.15, 0.2) is 0 Å². The SMILES string of the molecule is CC(C)c1cccc2oc3cc(-c4cccc5ccccc45)ccc3c12. The lowest BCUT2D eigenvalue weighted by Crippen LogP contribution is -1.87. The Morgan fingerprint density at radius 2 is 1.50 bits per heavy atom. The van der Waals surface area contributed by atoms with Gasteiger partial charge in [-0.2, -0.15) is 0 Å². The zero-order valence-electron chi connectivity index (χ0n) is 15.0. The first kappa shape index (κ1) is 15.2. The highest BCUT2D eigenvalue weighted by molar-refractivity contribution is 6.08. The molecule has 0 aliphatic carbocycles. The van der Waals surface area contributed by atoms with Crippen LogP contribution in [0.1, 0.15) is 25.3 Å². The molecule has 0 bridgehead atoms. The van der Waals surface area contributed by atoms with E-state index < -0.39 is 0 Å². The van der Waals surface area contributed by atoms with E-state index in [-0.39, 0.29) is 0 Å². The summed E-state index contributed by atoms with van der Waals surface area (Å²) < 4.78 is 6.22. The molecule has 0 aliphatic rings. The molecule has 0 aliphatic heterocycles. The highest BCUT2D eigenvalue weighted by atomic mass is 16.3. The van der Waals surface area contributed by atoms with Crippen LogP contribution in [0.5, 0.6) is 0 Å². The fourth-order valence-corrected chi connectivity index (χ4v) is 3.98. The number of furan rings is 1. The van der Waals surface area contributed by atoms with Crippen LogP contribution in [0.15, 0.2) is 83.3 Å². The molecule has 5 aromatic rings. The van der Waals surface area contributed by atoms with E-state index in [1.54, 1.807) is 0 Å². The molecule has 0 atom stereocenters. The van der Waals surface area contributed by atoms with Crippen molar-refractivity contribution in [1.29, 1.82) is 0 Å². The van der Waals surface area contributed by atoms with E-state index in [2.05, 4.69) is 92.7 Å². The predicted octanol–water partition coefficient (Wildman–Crippen LogP) is 7.53. The van der Waals surface area contributed by atoms with Gasteiger partial charge >= 0.3 is 0 Å². The summed E-state index contributed by atoms with van der Waals surface area (Å²) in [5, 5.41) is 4.99. The van der Waals surface area contributed by atoms with Crippen molar-refractivity contribution in [2.24, 2.45) is 0 Å². The van der Waals surface area contributed by atoms with E-state index in [1.165, 1.54) is 38.2 Å². The van der Waals surface area contributed by atoms with Crippen LogP contribution in [0.3, 0.4) is 0 Å². The van der Waals surface area contributed by atoms with E-state index >= 15 is 0 Å². The van der Waals surface area contributed by atoms with Gasteiger partial charge in [0, 0.05) is 10.8 Å². The Morgan fingerprint density at radius 3 is 2.38 bits per heavy atom. The van der Waals surface area contributed by atoms with Crippen molar-refractivity contribution in [2.45, 2.75) is 19.8 Å². The zero-order chi connectivity index (χ0) is 17.7. The van der Waals surface area contributed by atoms with Crippen LogP contribution in [0.25, 0.3) is 43.8 Å². The molecule has 0 saturated carbocycles. The summed E-state index contributed by atoms with van der Waals surface area (Å²) in [6.45, 7) is 4.47. The summed E-state index contributed by atoms with van der Waals surface area (Å²) in [5.41, 5.74) is 5.72. The molecule has 1 aromatic heterocycles. The minimum atomic E-state index is 0.470. The maximum absolute atomic E-state index is 6.22. The molecule has 5 rings (SSSR count). The molecule has 1 heterocycles. The largest absolute Gasteiger partial charge is 0.456 e. The Balaban J connectivity index is 1.79. The van der Waals surface area contributed by atoms with Crippen LogP contribution in [-0.4, -0.2) is 0 Å². The average Bonchev–Trinajstić information content (AvgIpc) is 3.05. The zero-order valence-corrected chi connectivity index (χ0v) is 15.0. The summed E-state index contributed by atoms with van der Waals surface area (Å²) in [6, 6.07) is 28.0.